The summed E-state index contributed by atoms with van der Waals surface area (Å²) < 4.78 is 0. The van der Waals surface area contributed by atoms with Gasteiger partial charge in [-0.2, -0.15) is 0 Å². The van der Waals surface area contributed by atoms with Crippen LogP contribution in [0.3, 0.4) is 0 Å². The van der Waals surface area contributed by atoms with Gasteiger partial charge in [0, 0.05) is 24.7 Å². The normalized spacial score (nSPS) is 44.1. The summed E-state index contributed by atoms with van der Waals surface area (Å²) in [6.45, 7) is 5.57. The molecule has 0 spiro atoms. The van der Waals surface area contributed by atoms with Crippen LogP contribution in [0.4, 0.5) is 0 Å². The van der Waals surface area contributed by atoms with Crippen LogP contribution in [0.1, 0.15) is 83.5 Å². The summed E-state index contributed by atoms with van der Waals surface area (Å²) in [4.78, 5) is 12.4. The van der Waals surface area contributed by atoms with Crippen LogP contribution >= 0.6 is 0 Å². The average molecular weight is 401 g/mol. The number of allylic oxidation sites excluding steroid dienone is 1. The van der Waals surface area contributed by atoms with Crippen LogP contribution in [-0.2, 0) is 4.79 Å². The van der Waals surface area contributed by atoms with Gasteiger partial charge in [-0.15, -0.1) is 0 Å². The van der Waals surface area contributed by atoms with Crippen molar-refractivity contribution in [3.63, 3.8) is 0 Å². The third-order valence-corrected chi connectivity index (χ3v) is 9.36. The van der Waals surface area contributed by atoms with Crippen molar-refractivity contribution < 1.29 is 9.90 Å². The van der Waals surface area contributed by atoms with E-state index in [0.29, 0.717) is 36.8 Å². The Labute approximate surface area is 176 Å². The lowest BCUT2D eigenvalue weighted by Gasteiger charge is -2.42. The SMILES string of the molecule is C=C(C1CCC(C(=O)C2(O)CC2)CC1)C1CCC(C2CCCC3NCNC32)CC1. The number of hydrogen-bond donors (Lipinski definition) is 3. The van der Waals surface area contributed by atoms with Gasteiger partial charge in [0.1, 0.15) is 5.60 Å². The van der Waals surface area contributed by atoms with E-state index in [1.807, 2.05) is 0 Å². The number of carbonyl (C=O) groups is 1. The fourth-order valence-electron chi connectivity index (χ4n) is 7.31. The van der Waals surface area contributed by atoms with Crippen molar-refractivity contribution in [1.29, 1.82) is 0 Å². The molecule has 3 atom stereocenters. The highest BCUT2D eigenvalue weighted by molar-refractivity contribution is 5.91. The van der Waals surface area contributed by atoms with Gasteiger partial charge < -0.3 is 10.4 Å². The third kappa shape index (κ3) is 3.97. The van der Waals surface area contributed by atoms with Gasteiger partial charge in [0.25, 0.3) is 0 Å². The van der Waals surface area contributed by atoms with E-state index in [2.05, 4.69) is 17.2 Å². The summed E-state index contributed by atoms with van der Waals surface area (Å²) in [5.74, 6) is 3.32. The molecular formula is C25H40N2O2. The Morgan fingerprint density at radius 2 is 1.45 bits per heavy atom. The van der Waals surface area contributed by atoms with Gasteiger partial charge in [0.2, 0.25) is 0 Å². The van der Waals surface area contributed by atoms with Crippen molar-refractivity contribution in [3.05, 3.63) is 12.2 Å². The van der Waals surface area contributed by atoms with E-state index in [9.17, 15) is 9.90 Å². The Hall–Kier alpha value is -0.710. The molecule has 0 bridgehead atoms. The van der Waals surface area contributed by atoms with Crippen LogP contribution in [0.15, 0.2) is 12.2 Å². The molecule has 3 unspecified atom stereocenters. The van der Waals surface area contributed by atoms with Crippen LogP contribution in [-0.4, -0.2) is 35.2 Å². The molecule has 1 heterocycles. The van der Waals surface area contributed by atoms with Gasteiger partial charge in [-0.25, -0.2) is 0 Å². The van der Waals surface area contributed by atoms with E-state index in [4.69, 9.17) is 0 Å². The van der Waals surface area contributed by atoms with E-state index in [1.165, 1.54) is 50.5 Å². The number of ketones is 1. The molecule has 4 aliphatic carbocycles. The van der Waals surface area contributed by atoms with E-state index in [1.54, 1.807) is 0 Å². The molecule has 0 amide bonds. The van der Waals surface area contributed by atoms with Crippen LogP contribution in [0.25, 0.3) is 0 Å². The molecule has 162 valence electrons. The zero-order chi connectivity index (χ0) is 20.0. The molecule has 4 heteroatoms. The number of rotatable bonds is 5. The number of Topliss-reactive ketones (excluding diaryl/α,β-unsaturated/α-hetero) is 1. The zero-order valence-electron chi connectivity index (χ0n) is 18.0. The molecule has 4 nitrogen and oxygen atoms in total. The maximum absolute atomic E-state index is 12.4. The summed E-state index contributed by atoms with van der Waals surface area (Å²) in [7, 11) is 0. The van der Waals surface area contributed by atoms with Crippen LogP contribution in [0, 0.1) is 29.6 Å². The van der Waals surface area contributed by atoms with Crippen molar-refractivity contribution >= 4 is 5.78 Å². The molecule has 5 aliphatic rings. The monoisotopic (exact) mass is 400 g/mol. The van der Waals surface area contributed by atoms with Gasteiger partial charge >= 0.3 is 0 Å². The molecule has 5 fully saturated rings. The Balaban J connectivity index is 1.10. The molecule has 1 saturated heterocycles. The summed E-state index contributed by atoms with van der Waals surface area (Å²) >= 11 is 0. The van der Waals surface area contributed by atoms with Crippen molar-refractivity contribution in [3.8, 4) is 0 Å². The predicted octanol–water partition coefficient (Wildman–Crippen LogP) is 3.94. The summed E-state index contributed by atoms with van der Waals surface area (Å²) in [5, 5.41) is 17.5. The Kier molecular flexibility index (Phi) is 5.64. The Bertz CT molecular complexity index is 627. The van der Waals surface area contributed by atoms with E-state index in [-0.39, 0.29) is 11.7 Å². The molecule has 29 heavy (non-hydrogen) atoms. The lowest BCUT2D eigenvalue weighted by molar-refractivity contribution is -0.134. The number of fused-ring (bicyclic) bond motifs is 1. The molecule has 5 rings (SSSR count). The second-order valence-electron chi connectivity index (χ2n) is 10.9. The molecule has 3 N–H and O–H groups in total. The maximum atomic E-state index is 12.4. The quantitative estimate of drug-likeness (QED) is 0.612. The fraction of sp³-hybridized carbons (Fsp3) is 0.880. The minimum Gasteiger partial charge on any atom is -0.382 e. The smallest absolute Gasteiger partial charge is 0.167 e. The minimum atomic E-state index is -0.936. The van der Waals surface area contributed by atoms with Crippen molar-refractivity contribution in [1.82, 2.24) is 10.6 Å². The van der Waals surface area contributed by atoms with E-state index < -0.39 is 5.60 Å². The first-order valence-electron chi connectivity index (χ1n) is 12.5. The minimum absolute atomic E-state index is 0.106. The molecule has 0 radical (unpaired) electrons. The summed E-state index contributed by atoms with van der Waals surface area (Å²) in [6.07, 6.45) is 15.1. The highest BCUT2D eigenvalue weighted by Crippen LogP contribution is 2.47. The largest absolute Gasteiger partial charge is 0.382 e. The van der Waals surface area contributed by atoms with Crippen molar-refractivity contribution in [2.24, 2.45) is 29.6 Å². The first kappa shape index (κ1) is 20.2. The van der Waals surface area contributed by atoms with Crippen LogP contribution in [0.2, 0.25) is 0 Å². The van der Waals surface area contributed by atoms with Crippen LogP contribution in [0.5, 0.6) is 0 Å². The molecule has 0 aromatic heterocycles. The first-order valence-corrected chi connectivity index (χ1v) is 12.5. The van der Waals surface area contributed by atoms with Gasteiger partial charge in [-0.05, 0) is 101 Å². The highest BCUT2D eigenvalue weighted by atomic mass is 16.3. The molecular weight excluding hydrogens is 360 g/mol. The topological polar surface area (TPSA) is 61.4 Å². The Morgan fingerprint density at radius 1 is 0.828 bits per heavy atom. The summed E-state index contributed by atoms with van der Waals surface area (Å²) in [5.41, 5.74) is 0.552. The standard InChI is InChI=1S/C25H40N2O2/c1-16(18-7-11-20(12-8-18)24(28)25(29)13-14-25)17-5-9-19(10-6-17)21-3-2-4-22-23(21)27-15-26-22/h17-23,26-27,29H,1-15H2. The lowest BCUT2D eigenvalue weighted by atomic mass is 9.65. The van der Waals surface area contributed by atoms with Gasteiger partial charge in [-0.1, -0.05) is 18.6 Å². The molecule has 4 saturated carbocycles. The molecule has 1 aliphatic heterocycles. The fourth-order valence-corrected chi connectivity index (χ4v) is 7.31. The van der Waals surface area contributed by atoms with Crippen molar-refractivity contribution in [2.75, 3.05) is 6.67 Å². The number of aliphatic hydroxyl groups is 1. The number of carbonyl (C=O) groups excluding carboxylic acids is 1. The van der Waals surface area contributed by atoms with Crippen molar-refractivity contribution in [2.45, 2.75) is 101 Å². The zero-order valence-corrected chi connectivity index (χ0v) is 18.0. The van der Waals surface area contributed by atoms with Gasteiger partial charge in [0.05, 0.1) is 0 Å². The Morgan fingerprint density at radius 3 is 2.10 bits per heavy atom. The first-order chi connectivity index (χ1) is 14.0. The van der Waals surface area contributed by atoms with Crippen LogP contribution < -0.4 is 10.6 Å². The summed E-state index contributed by atoms with van der Waals surface area (Å²) in [6, 6.07) is 1.43. The van der Waals surface area contributed by atoms with E-state index >= 15 is 0 Å². The van der Waals surface area contributed by atoms with Gasteiger partial charge in [0.15, 0.2) is 5.78 Å². The molecule has 0 aromatic rings. The maximum Gasteiger partial charge on any atom is 0.167 e. The third-order valence-electron chi connectivity index (χ3n) is 9.36. The average Bonchev–Trinajstić information content (AvgIpc) is 3.33. The second kappa shape index (κ2) is 8.09. The highest BCUT2D eigenvalue weighted by Gasteiger charge is 2.50. The lowest BCUT2D eigenvalue weighted by Crippen LogP contribution is -2.46. The number of nitrogens with one attached hydrogen (secondary N) is 2. The van der Waals surface area contributed by atoms with Gasteiger partial charge in [-0.3, -0.25) is 10.1 Å². The molecule has 0 aromatic carbocycles. The predicted molar refractivity (Wildman–Crippen MR) is 115 cm³/mol. The number of hydrogen-bond acceptors (Lipinski definition) is 4. The van der Waals surface area contributed by atoms with E-state index in [0.717, 1.165) is 44.2 Å². The second-order valence-corrected chi connectivity index (χ2v) is 10.9.